The van der Waals surface area contributed by atoms with Crippen molar-refractivity contribution in [3.05, 3.63) is 29.6 Å². The Hall–Kier alpha value is -1.35. The summed E-state index contributed by atoms with van der Waals surface area (Å²) in [7, 11) is 3.99. The summed E-state index contributed by atoms with van der Waals surface area (Å²) in [5.41, 5.74) is 3.55. The summed E-state index contributed by atoms with van der Waals surface area (Å²) < 4.78 is 2.14. The first-order chi connectivity index (χ1) is 6.72. The second-order valence-electron chi connectivity index (χ2n) is 3.61. The molecule has 0 bridgehead atoms. The molecule has 0 saturated heterocycles. The Morgan fingerprint density at radius 1 is 1.43 bits per heavy atom. The van der Waals surface area contributed by atoms with Crippen LogP contribution >= 0.6 is 0 Å². The average Bonchev–Trinajstić information content (AvgIpc) is 2.46. The van der Waals surface area contributed by atoms with Gasteiger partial charge in [0.2, 0.25) is 0 Å². The maximum Gasteiger partial charge on any atom is 0.123 e. The lowest BCUT2D eigenvalue weighted by Crippen LogP contribution is -2.10. The minimum atomic E-state index is 0.810. The molecule has 0 fully saturated rings. The van der Waals surface area contributed by atoms with Crippen LogP contribution in [-0.2, 0) is 13.6 Å². The van der Waals surface area contributed by atoms with E-state index in [1.165, 1.54) is 11.1 Å². The van der Waals surface area contributed by atoms with Gasteiger partial charge in [-0.1, -0.05) is 6.07 Å². The molecule has 0 atom stereocenters. The Kier molecular flexibility index (Phi) is 2.25. The molecular weight excluding hydrogens is 174 g/mol. The van der Waals surface area contributed by atoms with Crippen molar-refractivity contribution in [3.63, 3.8) is 0 Å². The van der Waals surface area contributed by atoms with Gasteiger partial charge in [0.05, 0.1) is 17.6 Å². The highest BCUT2D eigenvalue weighted by atomic mass is 15.1. The molecule has 2 rings (SSSR count). The van der Waals surface area contributed by atoms with E-state index < -0.39 is 0 Å². The SMILES string of the molecule is CNCc1nc2ccc(C)cc2n1C. The molecule has 0 amide bonds. The van der Waals surface area contributed by atoms with E-state index in [2.05, 4.69) is 47.0 Å². The predicted molar refractivity (Wildman–Crippen MR) is 58.2 cm³/mol. The number of nitrogens with zero attached hydrogens (tertiary/aromatic N) is 2. The van der Waals surface area contributed by atoms with Crippen LogP contribution in [0.1, 0.15) is 11.4 Å². The molecule has 1 heterocycles. The molecular formula is C11H15N3. The molecule has 0 radical (unpaired) electrons. The van der Waals surface area contributed by atoms with Crippen molar-refractivity contribution in [2.24, 2.45) is 7.05 Å². The zero-order valence-electron chi connectivity index (χ0n) is 8.83. The van der Waals surface area contributed by atoms with Gasteiger partial charge in [0.15, 0.2) is 0 Å². The number of aryl methyl sites for hydroxylation is 2. The first kappa shape index (κ1) is 9.21. The number of fused-ring (bicyclic) bond motifs is 1. The van der Waals surface area contributed by atoms with Gasteiger partial charge in [-0.25, -0.2) is 4.98 Å². The maximum atomic E-state index is 4.54. The second-order valence-corrected chi connectivity index (χ2v) is 3.61. The second kappa shape index (κ2) is 3.42. The third-order valence-corrected chi connectivity index (χ3v) is 2.46. The Bertz CT molecular complexity index is 457. The van der Waals surface area contributed by atoms with Crippen molar-refractivity contribution in [2.75, 3.05) is 7.05 Å². The van der Waals surface area contributed by atoms with Gasteiger partial charge >= 0.3 is 0 Å². The summed E-state index contributed by atoms with van der Waals surface area (Å²) >= 11 is 0. The highest BCUT2D eigenvalue weighted by Gasteiger charge is 2.05. The number of nitrogens with one attached hydrogen (secondary N) is 1. The van der Waals surface area contributed by atoms with E-state index in [4.69, 9.17) is 0 Å². The van der Waals surface area contributed by atoms with Crippen LogP contribution < -0.4 is 5.32 Å². The number of rotatable bonds is 2. The van der Waals surface area contributed by atoms with E-state index in [-0.39, 0.29) is 0 Å². The number of hydrogen-bond acceptors (Lipinski definition) is 2. The standard InChI is InChI=1S/C11H15N3/c1-8-4-5-9-10(6-8)14(3)11(13-9)7-12-2/h4-6,12H,7H2,1-3H3. The molecule has 0 aliphatic rings. The van der Waals surface area contributed by atoms with Crippen molar-refractivity contribution in [1.82, 2.24) is 14.9 Å². The molecule has 0 aliphatic heterocycles. The van der Waals surface area contributed by atoms with Crippen molar-refractivity contribution in [3.8, 4) is 0 Å². The molecule has 0 saturated carbocycles. The Morgan fingerprint density at radius 3 is 2.93 bits per heavy atom. The Morgan fingerprint density at radius 2 is 2.21 bits per heavy atom. The van der Waals surface area contributed by atoms with E-state index in [1.807, 2.05) is 7.05 Å². The first-order valence-corrected chi connectivity index (χ1v) is 4.79. The monoisotopic (exact) mass is 189 g/mol. The summed E-state index contributed by atoms with van der Waals surface area (Å²) in [6, 6.07) is 6.34. The Balaban J connectivity index is 2.62. The summed E-state index contributed by atoms with van der Waals surface area (Å²) in [5.74, 6) is 1.08. The third kappa shape index (κ3) is 1.40. The van der Waals surface area contributed by atoms with Gasteiger partial charge in [-0.3, -0.25) is 0 Å². The summed E-state index contributed by atoms with van der Waals surface area (Å²) in [6.45, 7) is 2.91. The molecule has 74 valence electrons. The quantitative estimate of drug-likeness (QED) is 0.777. The highest BCUT2D eigenvalue weighted by Crippen LogP contribution is 2.16. The van der Waals surface area contributed by atoms with Crippen molar-refractivity contribution in [2.45, 2.75) is 13.5 Å². The number of hydrogen-bond donors (Lipinski definition) is 1. The molecule has 0 spiro atoms. The van der Waals surface area contributed by atoms with E-state index in [9.17, 15) is 0 Å². The van der Waals surface area contributed by atoms with Gasteiger partial charge in [0.1, 0.15) is 5.82 Å². The van der Waals surface area contributed by atoms with Crippen LogP contribution in [-0.4, -0.2) is 16.6 Å². The van der Waals surface area contributed by atoms with E-state index in [0.717, 1.165) is 17.9 Å². The number of imidazole rings is 1. The lowest BCUT2D eigenvalue weighted by molar-refractivity contribution is 0.719. The zero-order chi connectivity index (χ0) is 10.1. The van der Waals surface area contributed by atoms with Crippen molar-refractivity contribution >= 4 is 11.0 Å². The van der Waals surface area contributed by atoms with Gasteiger partial charge in [-0.2, -0.15) is 0 Å². The fraction of sp³-hybridized carbons (Fsp3) is 0.364. The number of aromatic nitrogens is 2. The normalized spacial score (nSPS) is 11.1. The number of benzene rings is 1. The average molecular weight is 189 g/mol. The Labute approximate surface area is 83.8 Å². The fourth-order valence-corrected chi connectivity index (χ4v) is 1.67. The minimum Gasteiger partial charge on any atom is -0.330 e. The predicted octanol–water partition coefficient (Wildman–Crippen LogP) is 1.60. The molecule has 1 aromatic carbocycles. The van der Waals surface area contributed by atoms with Crippen LogP contribution in [0.15, 0.2) is 18.2 Å². The van der Waals surface area contributed by atoms with Crippen LogP contribution in [0.2, 0.25) is 0 Å². The summed E-state index contributed by atoms with van der Waals surface area (Å²) in [5, 5.41) is 3.12. The van der Waals surface area contributed by atoms with Gasteiger partial charge in [-0.05, 0) is 31.7 Å². The maximum absolute atomic E-state index is 4.54. The largest absolute Gasteiger partial charge is 0.330 e. The topological polar surface area (TPSA) is 29.9 Å². The summed E-state index contributed by atoms with van der Waals surface area (Å²) in [6.07, 6.45) is 0. The van der Waals surface area contributed by atoms with Gasteiger partial charge < -0.3 is 9.88 Å². The van der Waals surface area contributed by atoms with Crippen molar-refractivity contribution in [1.29, 1.82) is 0 Å². The molecule has 2 aromatic rings. The van der Waals surface area contributed by atoms with Crippen LogP contribution in [0, 0.1) is 6.92 Å². The van der Waals surface area contributed by atoms with Crippen LogP contribution in [0.5, 0.6) is 0 Å². The van der Waals surface area contributed by atoms with E-state index in [1.54, 1.807) is 0 Å². The third-order valence-electron chi connectivity index (χ3n) is 2.46. The van der Waals surface area contributed by atoms with Crippen LogP contribution in [0.25, 0.3) is 11.0 Å². The van der Waals surface area contributed by atoms with E-state index >= 15 is 0 Å². The molecule has 3 heteroatoms. The van der Waals surface area contributed by atoms with Crippen LogP contribution in [0.3, 0.4) is 0 Å². The zero-order valence-corrected chi connectivity index (χ0v) is 8.83. The fourth-order valence-electron chi connectivity index (χ4n) is 1.67. The minimum absolute atomic E-state index is 0.810. The van der Waals surface area contributed by atoms with Crippen molar-refractivity contribution < 1.29 is 0 Å². The first-order valence-electron chi connectivity index (χ1n) is 4.79. The van der Waals surface area contributed by atoms with E-state index in [0.29, 0.717) is 0 Å². The van der Waals surface area contributed by atoms with Gasteiger partial charge in [0, 0.05) is 7.05 Å². The molecule has 1 N–H and O–H groups in total. The van der Waals surface area contributed by atoms with Crippen LogP contribution in [0.4, 0.5) is 0 Å². The van der Waals surface area contributed by atoms with Gasteiger partial charge in [-0.15, -0.1) is 0 Å². The molecule has 3 nitrogen and oxygen atoms in total. The highest BCUT2D eigenvalue weighted by molar-refractivity contribution is 5.76. The van der Waals surface area contributed by atoms with Gasteiger partial charge in [0.25, 0.3) is 0 Å². The lowest BCUT2D eigenvalue weighted by Gasteiger charge is -2.00. The molecule has 0 aliphatic carbocycles. The lowest BCUT2D eigenvalue weighted by atomic mass is 10.2. The summed E-state index contributed by atoms with van der Waals surface area (Å²) in [4.78, 5) is 4.54. The molecule has 1 aromatic heterocycles. The molecule has 0 unspecified atom stereocenters. The smallest absolute Gasteiger partial charge is 0.123 e. The molecule has 14 heavy (non-hydrogen) atoms.